The van der Waals surface area contributed by atoms with Gasteiger partial charge < -0.3 is 0 Å². The molecule has 0 fully saturated rings. The van der Waals surface area contributed by atoms with Gasteiger partial charge in [-0.15, -0.1) is 0 Å². The van der Waals surface area contributed by atoms with Crippen LogP contribution in [0.3, 0.4) is 0 Å². The summed E-state index contributed by atoms with van der Waals surface area (Å²) in [6.07, 6.45) is 8.44. The Balaban J connectivity index is 2.50. The zero-order valence-electron chi connectivity index (χ0n) is 9.40. The summed E-state index contributed by atoms with van der Waals surface area (Å²) in [4.78, 5) is 0. The molecule has 0 radical (unpaired) electrons. The van der Waals surface area contributed by atoms with Crippen molar-refractivity contribution in [1.29, 1.82) is 0 Å². The van der Waals surface area contributed by atoms with Crippen molar-refractivity contribution in [3.8, 4) is 0 Å². The summed E-state index contributed by atoms with van der Waals surface area (Å²) in [5.74, 6) is 0. The topological polar surface area (TPSA) is 0 Å². The Kier molecular flexibility index (Phi) is 6.91. The van der Waals surface area contributed by atoms with Gasteiger partial charge >= 0.3 is 104 Å². The van der Waals surface area contributed by atoms with Gasteiger partial charge in [0.15, 0.2) is 0 Å². The number of hydrogen-bond donors (Lipinski definition) is 0. The first kappa shape index (κ1) is 12.9. The third-order valence-electron chi connectivity index (χ3n) is 2.03. The van der Waals surface area contributed by atoms with E-state index in [2.05, 4.69) is 49.6 Å². The molecule has 0 aromatic heterocycles. The van der Waals surface area contributed by atoms with Gasteiger partial charge in [0.05, 0.1) is 0 Å². The minimum atomic E-state index is 0.508. The second kappa shape index (κ2) is 8.04. The Bertz CT molecular complexity index is 293. The fraction of sp³-hybridized carbons (Fsp3) is 0.385. The molecule has 0 unspecified atom stereocenters. The predicted molar refractivity (Wildman–Crippen MR) is 73.0 cm³/mol. The van der Waals surface area contributed by atoms with Gasteiger partial charge in [0.25, 0.3) is 0 Å². The van der Waals surface area contributed by atoms with Gasteiger partial charge in [0.2, 0.25) is 0 Å². The van der Waals surface area contributed by atoms with E-state index in [0.717, 1.165) is 0 Å². The molecule has 0 aliphatic heterocycles. The molecule has 0 aliphatic carbocycles. The van der Waals surface area contributed by atoms with Crippen molar-refractivity contribution in [2.24, 2.45) is 0 Å². The van der Waals surface area contributed by atoms with Gasteiger partial charge in [-0.3, -0.25) is 0 Å². The summed E-state index contributed by atoms with van der Waals surface area (Å²) in [6.45, 7) is 2.24. The number of rotatable bonds is 6. The van der Waals surface area contributed by atoms with Crippen molar-refractivity contribution in [2.45, 2.75) is 26.2 Å². The monoisotopic (exact) mass is 286 g/mol. The minimum absolute atomic E-state index is 0.508. The van der Waals surface area contributed by atoms with E-state index in [1.165, 1.54) is 23.7 Å². The van der Waals surface area contributed by atoms with E-state index in [-0.39, 0.29) is 0 Å². The first-order valence-corrected chi connectivity index (χ1v) is 8.27. The second-order valence-corrected chi connectivity index (χ2v) is 7.06. The molecule has 0 nitrogen and oxygen atoms in total. The molecule has 1 aromatic rings. The molecule has 0 saturated carbocycles. The van der Waals surface area contributed by atoms with Crippen molar-refractivity contribution in [1.82, 2.24) is 0 Å². The van der Waals surface area contributed by atoms with Crippen molar-refractivity contribution in [2.75, 3.05) is 6.26 Å². The van der Waals surface area contributed by atoms with E-state index >= 15 is 0 Å². The molecule has 0 spiro atoms. The quantitative estimate of drug-likeness (QED) is 0.570. The van der Waals surface area contributed by atoms with Crippen LogP contribution in [0.25, 0.3) is 0 Å². The molecule has 0 bridgehead atoms. The molecule has 0 N–H and O–H groups in total. The van der Waals surface area contributed by atoms with E-state index in [1.54, 1.807) is 3.80 Å². The molecular formula is C13H18SSe. The van der Waals surface area contributed by atoms with Crippen LogP contribution >= 0.6 is 11.8 Å². The molecular weight excluding hydrogens is 267 g/mol. The molecule has 0 aliphatic rings. The van der Waals surface area contributed by atoms with E-state index < -0.39 is 0 Å². The van der Waals surface area contributed by atoms with Gasteiger partial charge in [0.1, 0.15) is 0 Å². The molecule has 1 rings (SSSR count). The average Bonchev–Trinajstić information content (AvgIpc) is 2.29. The number of allylic oxidation sites excluding steroid dienone is 1. The number of unbranched alkanes of at least 4 members (excludes halogenated alkanes) is 2. The Hall–Kier alpha value is -0.171. The van der Waals surface area contributed by atoms with E-state index in [1.807, 2.05) is 11.8 Å². The van der Waals surface area contributed by atoms with Gasteiger partial charge in [0, 0.05) is 0 Å². The summed E-state index contributed by atoms with van der Waals surface area (Å²) in [5, 5.41) is 0. The van der Waals surface area contributed by atoms with Crippen LogP contribution in [0, 0.1) is 0 Å². The van der Waals surface area contributed by atoms with Crippen LogP contribution in [-0.2, 0) is 0 Å². The van der Waals surface area contributed by atoms with Crippen molar-refractivity contribution in [3.05, 3.63) is 40.2 Å². The molecule has 2 heteroatoms. The van der Waals surface area contributed by atoms with Crippen molar-refractivity contribution < 1.29 is 0 Å². The van der Waals surface area contributed by atoms with E-state index in [4.69, 9.17) is 0 Å². The van der Waals surface area contributed by atoms with E-state index in [9.17, 15) is 0 Å². The van der Waals surface area contributed by atoms with Crippen LogP contribution < -0.4 is 4.46 Å². The zero-order valence-corrected chi connectivity index (χ0v) is 11.9. The molecule has 15 heavy (non-hydrogen) atoms. The van der Waals surface area contributed by atoms with Crippen LogP contribution in [-0.4, -0.2) is 21.2 Å². The maximum atomic E-state index is 2.42. The van der Waals surface area contributed by atoms with Crippen molar-refractivity contribution in [3.63, 3.8) is 0 Å². The predicted octanol–water partition coefficient (Wildman–Crippen LogP) is 3.41. The molecule has 82 valence electrons. The Morgan fingerprint density at radius 1 is 1.33 bits per heavy atom. The van der Waals surface area contributed by atoms with Crippen LogP contribution in [0.5, 0.6) is 0 Å². The Morgan fingerprint density at radius 2 is 2.07 bits per heavy atom. The normalized spacial score (nSPS) is 11.7. The fourth-order valence-electron chi connectivity index (χ4n) is 1.20. The van der Waals surface area contributed by atoms with Crippen LogP contribution in [0.4, 0.5) is 0 Å². The Labute approximate surface area is 104 Å². The first-order valence-electron chi connectivity index (χ1n) is 5.34. The summed E-state index contributed by atoms with van der Waals surface area (Å²) < 4.78 is 3.03. The summed E-state index contributed by atoms with van der Waals surface area (Å²) in [7, 11) is 0. The third-order valence-corrected chi connectivity index (χ3v) is 5.92. The van der Waals surface area contributed by atoms with Crippen LogP contribution in [0.15, 0.2) is 40.2 Å². The number of benzene rings is 1. The Morgan fingerprint density at radius 3 is 2.67 bits per heavy atom. The van der Waals surface area contributed by atoms with Gasteiger partial charge in [-0.2, -0.15) is 0 Å². The molecule has 1 aromatic carbocycles. The van der Waals surface area contributed by atoms with E-state index in [0.29, 0.717) is 15.0 Å². The fourth-order valence-corrected chi connectivity index (χ4v) is 4.11. The summed E-state index contributed by atoms with van der Waals surface area (Å²) in [6, 6.07) is 10.8. The molecule has 0 heterocycles. The van der Waals surface area contributed by atoms with Crippen molar-refractivity contribution >= 4 is 31.2 Å². The van der Waals surface area contributed by atoms with Gasteiger partial charge in [-0.25, -0.2) is 0 Å². The molecule has 0 saturated heterocycles. The zero-order chi connectivity index (χ0) is 10.9. The average molecular weight is 285 g/mol. The molecule has 0 atom stereocenters. The SMILES string of the molecule is CCCC/C=C(\SC)[Se]c1ccccc1. The number of hydrogen-bond acceptors (Lipinski definition) is 1. The third kappa shape index (κ3) is 5.46. The first-order chi connectivity index (χ1) is 7.36. The summed E-state index contributed by atoms with van der Waals surface area (Å²) in [5.41, 5.74) is 0. The van der Waals surface area contributed by atoms with Gasteiger partial charge in [-0.1, -0.05) is 0 Å². The standard InChI is InChI=1S/C13H18SSe/c1-3-4-6-11-13(14-2)15-12-9-7-5-8-10-12/h5,7-11H,3-4,6H2,1-2H3/b13-11+. The van der Waals surface area contributed by atoms with Gasteiger partial charge in [-0.05, 0) is 0 Å². The second-order valence-electron chi connectivity index (χ2n) is 3.28. The maximum absolute atomic E-state index is 2.42. The van der Waals surface area contributed by atoms with Crippen LogP contribution in [0.2, 0.25) is 0 Å². The van der Waals surface area contributed by atoms with Crippen LogP contribution in [0.1, 0.15) is 26.2 Å². The molecule has 0 amide bonds. The summed E-state index contributed by atoms with van der Waals surface area (Å²) >= 11 is 2.41. The number of thioether (sulfide) groups is 1.